The van der Waals surface area contributed by atoms with E-state index in [2.05, 4.69) is 20.9 Å². The number of hydrogen-bond donors (Lipinski definition) is 3. The maximum atomic E-state index is 11.7. The second-order valence-corrected chi connectivity index (χ2v) is 4.89. The van der Waals surface area contributed by atoms with Crippen LogP contribution in [0.25, 0.3) is 0 Å². The molecule has 0 aliphatic carbocycles. The van der Waals surface area contributed by atoms with E-state index in [1.54, 1.807) is 0 Å². The maximum Gasteiger partial charge on any atom is 0.321 e. The fourth-order valence-electron chi connectivity index (χ4n) is 2.10. The summed E-state index contributed by atoms with van der Waals surface area (Å²) in [5.74, 6) is -0.248. The van der Waals surface area contributed by atoms with Crippen LogP contribution in [0.2, 0.25) is 0 Å². The van der Waals surface area contributed by atoms with Crippen LogP contribution >= 0.6 is 0 Å². The van der Waals surface area contributed by atoms with E-state index in [1.165, 1.54) is 0 Å². The van der Waals surface area contributed by atoms with E-state index in [0.29, 0.717) is 6.04 Å². The molecule has 0 spiro atoms. The summed E-state index contributed by atoms with van der Waals surface area (Å²) in [7, 11) is 0. The van der Waals surface area contributed by atoms with E-state index in [0.717, 1.165) is 26.1 Å². The number of rotatable bonds is 5. The summed E-state index contributed by atoms with van der Waals surface area (Å²) in [4.78, 5) is 25.2. The molecule has 1 unspecified atom stereocenters. The number of amides is 3. The largest absolute Gasteiger partial charge is 0.336 e. The molecular formula is C12H24N4O2. The van der Waals surface area contributed by atoms with Gasteiger partial charge in [-0.15, -0.1) is 0 Å². The lowest BCUT2D eigenvalue weighted by atomic mass is 10.2. The van der Waals surface area contributed by atoms with E-state index < -0.39 is 6.03 Å². The van der Waals surface area contributed by atoms with Crippen LogP contribution in [0.4, 0.5) is 4.79 Å². The molecule has 0 aromatic heterocycles. The van der Waals surface area contributed by atoms with Gasteiger partial charge in [-0.1, -0.05) is 6.92 Å². The van der Waals surface area contributed by atoms with Crippen molar-refractivity contribution >= 4 is 11.9 Å². The van der Waals surface area contributed by atoms with Crippen molar-refractivity contribution in [2.24, 2.45) is 0 Å². The highest BCUT2D eigenvalue weighted by Gasteiger charge is 2.23. The zero-order chi connectivity index (χ0) is 13.5. The van der Waals surface area contributed by atoms with Crippen LogP contribution in [-0.4, -0.2) is 55.1 Å². The van der Waals surface area contributed by atoms with Gasteiger partial charge >= 0.3 is 6.03 Å². The van der Waals surface area contributed by atoms with Crippen LogP contribution in [0.3, 0.4) is 0 Å². The molecule has 1 aliphatic rings. The molecule has 0 aromatic rings. The number of nitrogens with zero attached hydrogens (tertiary/aromatic N) is 1. The SMILES string of the molecule is CCN(CC(=O)NC(=O)NC(C)C)C1CCNC1. The summed E-state index contributed by atoms with van der Waals surface area (Å²) in [6, 6.07) is 0.00335. The minimum atomic E-state index is -0.421. The van der Waals surface area contributed by atoms with Crippen LogP contribution in [0.15, 0.2) is 0 Å². The number of imide groups is 1. The van der Waals surface area contributed by atoms with Crippen molar-refractivity contribution in [2.45, 2.75) is 39.3 Å². The third-order valence-corrected chi connectivity index (χ3v) is 2.98. The number of carbonyl (C=O) groups is 2. The molecular weight excluding hydrogens is 232 g/mol. The van der Waals surface area contributed by atoms with Gasteiger partial charge in [-0.2, -0.15) is 0 Å². The Hall–Kier alpha value is -1.14. The Balaban J connectivity index is 2.35. The smallest absolute Gasteiger partial charge is 0.321 e. The van der Waals surface area contributed by atoms with Gasteiger partial charge in [-0.3, -0.25) is 15.0 Å². The van der Waals surface area contributed by atoms with Crippen LogP contribution in [0.5, 0.6) is 0 Å². The first-order chi connectivity index (χ1) is 8.52. The van der Waals surface area contributed by atoms with Crippen LogP contribution in [0.1, 0.15) is 27.2 Å². The molecule has 1 fully saturated rings. The fourth-order valence-corrected chi connectivity index (χ4v) is 2.10. The molecule has 18 heavy (non-hydrogen) atoms. The van der Waals surface area contributed by atoms with Gasteiger partial charge < -0.3 is 10.6 Å². The van der Waals surface area contributed by atoms with Crippen molar-refractivity contribution in [3.05, 3.63) is 0 Å². The average molecular weight is 256 g/mol. The third-order valence-electron chi connectivity index (χ3n) is 2.98. The lowest BCUT2D eigenvalue weighted by Crippen LogP contribution is -2.48. The van der Waals surface area contributed by atoms with Crippen molar-refractivity contribution in [2.75, 3.05) is 26.2 Å². The van der Waals surface area contributed by atoms with E-state index >= 15 is 0 Å². The molecule has 0 radical (unpaired) electrons. The summed E-state index contributed by atoms with van der Waals surface area (Å²) in [5.41, 5.74) is 0. The molecule has 104 valence electrons. The summed E-state index contributed by atoms with van der Waals surface area (Å²) in [6.45, 7) is 8.73. The van der Waals surface area contributed by atoms with Gasteiger partial charge in [0, 0.05) is 18.6 Å². The van der Waals surface area contributed by atoms with Gasteiger partial charge in [0.2, 0.25) is 5.91 Å². The van der Waals surface area contributed by atoms with Gasteiger partial charge in [0.15, 0.2) is 0 Å². The molecule has 3 amide bonds. The zero-order valence-corrected chi connectivity index (χ0v) is 11.5. The highest BCUT2D eigenvalue weighted by molar-refractivity contribution is 5.95. The molecule has 0 saturated carbocycles. The predicted molar refractivity (Wildman–Crippen MR) is 70.3 cm³/mol. The minimum Gasteiger partial charge on any atom is -0.336 e. The normalized spacial score (nSPS) is 19.3. The molecule has 1 aliphatic heterocycles. The number of hydrogen-bond acceptors (Lipinski definition) is 4. The lowest BCUT2D eigenvalue weighted by Gasteiger charge is -2.25. The first-order valence-corrected chi connectivity index (χ1v) is 6.58. The summed E-state index contributed by atoms with van der Waals surface area (Å²) < 4.78 is 0. The maximum absolute atomic E-state index is 11.7. The third kappa shape index (κ3) is 5.01. The van der Waals surface area contributed by atoms with Gasteiger partial charge in [-0.05, 0) is 33.4 Å². The standard InChI is InChI=1S/C12H24N4O2/c1-4-16(10-5-6-13-7-10)8-11(17)15-12(18)14-9(2)3/h9-10,13H,4-8H2,1-3H3,(H2,14,15,17,18). The van der Waals surface area contributed by atoms with Crippen molar-refractivity contribution in [1.82, 2.24) is 20.9 Å². The Morgan fingerprint density at radius 3 is 2.67 bits per heavy atom. The first kappa shape index (κ1) is 14.9. The van der Waals surface area contributed by atoms with Gasteiger partial charge in [0.25, 0.3) is 0 Å². The van der Waals surface area contributed by atoms with Crippen molar-refractivity contribution in [3.8, 4) is 0 Å². The van der Waals surface area contributed by atoms with E-state index in [9.17, 15) is 9.59 Å². The summed E-state index contributed by atoms with van der Waals surface area (Å²) >= 11 is 0. The molecule has 0 aromatic carbocycles. The second kappa shape index (κ2) is 7.33. The van der Waals surface area contributed by atoms with Crippen LogP contribution < -0.4 is 16.0 Å². The van der Waals surface area contributed by atoms with Crippen molar-refractivity contribution in [3.63, 3.8) is 0 Å². The predicted octanol–water partition coefficient (Wildman–Crippen LogP) is -0.0956. The molecule has 1 saturated heterocycles. The molecule has 1 atom stereocenters. The van der Waals surface area contributed by atoms with E-state index in [1.807, 2.05) is 20.8 Å². The molecule has 3 N–H and O–H groups in total. The summed E-state index contributed by atoms with van der Waals surface area (Å²) in [6.07, 6.45) is 1.05. The summed E-state index contributed by atoms with van der Waals surface area (Å²) in [5, 5.41) is 8.26. The quantitative estimate of drug-likeness (QED) is 0.642. The molecule has 1 rings (SSSR count). The second-order valence-electron chi connectivity index (χ2n) is 4.89. The number of urea groups is 1. The highest BCUT2D eigenvalue weighted by atomic mass is 16.2. The topological polar surface area (TPSA) is 73.5 Å². The molecule has 1 heterocycles. The Labute approximate surface area is 108 Å². The van der Waals surface area contributed by atoms with Crippen LogP contribution in [-0.2, 0) is 4.79 Å². The Morgan fingerprint density at radius 1 is 1.44 bits per heavy atom. The Morgan fingerprint density at radius 2 is 2.17 bits per heavy atom. The molecule has 6 nitrogen and oxygen atoms in total. The molecule has 6 heteroatoms. The zero-order valence-electron chi connectivity index (χ0n) is 11.5. The monoisotopic (exact) mass is 256 g/mol. The van der Waals surface area contributed by atoms with Crippen molar-refractivity contribution < 1.29 is 9.59 Å². The highest BCUT2D eigenvalue weighted by Crippen LogP contribution is 2.07. The number of nitrogens with one attached hydrogen (secondary N) is 3. The average Bonchev–Trinajstić information content (AvgIpc) is 2.77. The minimum absolute atomic E-state index is 0.0270. The lowest BCUT2D eigenvalue weighted by molar-refractivity contribution is -0.121. The Kier molecular flexibility index (Phi) is 6.07. The number of carbonyl (C=O) groups excluding carboxylic acids is 2. The van der Waals surface area contributed by atoms with Gasteiger partial charge in [-0.25, -0.2) is 4.79 Å². The number of likely N-dealkylation sites (N-methyl/N-ethyl adjacent to an activating group) is 1. The van der Waals surface area contributed by atoms with E-state index in [4.69, 9.17) is 0 Å². The van der Waals surface area contributed by atoms with E-state index in [-0.39, 0.29) is 18.5 Å². The van der Waals surface area contributed by atoms with Gasteiger partial charge in [0.1, 0.15) is 0 Å². The van der Waals surface area contributed by atoms with Crippen LogP contribution in [0, 0.1) is 0 Å². The van der Waals surface area contributed by atoms with Gasteiger partial charge in [0.05, 0.1) is 6.54 Å². The van der Waals surface area contributed by atoms with Crippen molar-refractivity contribution in [1.29, 1.82) is 0 Å². The fraction of sp³-hybridized carbons (Fsp3) is 0.833. The molecule has 0 bridgehead atoms. The Bertz CT molecular complexity index is 288. The first-order valence-electron chi connectivity index (χ1n) is 6.58.